The van der Waals surface area contributed by atoms with Gasteiger partial charge in [0.05, 0.1) is 23.4 Å². The number of hydrogen-bond donors (Lipinski definition) is 2. The van der Waals surface area contributed by atoms with Gasteiger partial charge in [0.25, 0.3) is 11.8 Å². The second-order valence-electron chi connectivity index (χ2n) is 7.75. The summed E-state index contributed by atoms with van der Waals surface area (Å²) in [6.45, 7) is -0.0260. The highest BCUT2D eigenvalue weighted by molar-refractivity contribution is 7.21. The smallest absolute Gasteiger partial charge is 0.433 e. The van der Waals surface area contributed by atoms with E-state index in [1.54, 1.807) is 0 Å². The van der Waals surface area contributed by atoms with Gasteiger partial charge in [-0.25, -0.2) is 4.98 Å². The number of nitrogens with zero attached hydrogens (tertiary/aromatic N) is 4. The Labute approximate surface area is 212 Å². The summed E-state index contributed by atoms with van der Waals surface area (Å²) in [7, 11) is 0. The van der Waals surface area contributed by atoms with Gasteiger partial charge in [-0.3, -0.25) is 24.4 Å². The van der Waals surface area contributed by atoms with Crippen molar-refractivity contribution in [3.8, 4) is 11.3 Å². The quantitative estimate of drug-likeness (QED) is 0.219. The first-order valence-electron chi connectivity index (χ1n) is 10.5. The predicted octanol–water partition coefficient (Wildman–Crippen LogP) is 4.67. The van der Waals surface area contributed by atoms with Crippen LogP contribution in [0.15, 0.2) is 57.8 Å². The predicted molar refractivity (Wildman–Crippen MR) is 125 cm³/mol. The number of hydrogen-bond acceptors (Lipinski definition) is 9. The standard InChI is InChI=1S/C22H13F3N6O6S/c23-22(24,25)15-6-12(13-2-1-5-36-13)16-17(18(19(26)32)38-21(16)28-15)29-20(33)14-4-3-11(37-14)9-30-8-10(7-27-30)31(34)35/h1-8H,9H2,(H2,26,32)(H,29,33). The Morgan fingerprint density at radius 1 is 1.26 bits per heavy atom. The lowest BCUT2D eigenvalue weighted by Crippen LogP contribution is -2.16. The molecule has 0 aliphatic heterocycles. The summed E-state index contributed by atoms with van der Waals surface area (Å²) in [6, 6.07) is 6.39. The van der Waals surface area contributed by atoms with Crippen LogP contribution in [0.5, 0.6) is 0 Å². The van der Waals surface area contributed by atoms with Crippen LogP contribution in [0.25, 0.3) is 21.5 Å². The molecule has 5 heterocycles. The molecule has 0 aliphatic carbocycles. The highest BCUT2D eigenvalue weighted by Crippen LogP contribution is 2.43. The van der Waals surface area contributed by atoms with Crippen molar-refractivity contribution in [3.63, 3.8) is 0 Å². The summed E-state index contributed by atoms with van der Waals surface area (Å²) < 4.78 is 52.6. The van der Waals surface area contributed by atoms with Crippen molar-refractivity contribution in [2.75, 3.05) is 5.32 Å². The van der Waals surface area contributed by atoms with E-state index in [1.807, 2.05) is 0 Å². The van der Waals surface area contributed by atoms with Gasteiger partial charge in [-0.15, -0.1) is 11.3 Å². The molecule has 0 saturated heterocycles. The van der Waals surface area contributed by atoms with E-state index in [1.165, 1.54) is 41.4 Å². The van der Waals surface area contributed by atoms with Crippen molar-refractivity contribution in [2.24, 2.45) is 5.73 Å². The molecular weight excluding hydrogens is 533 g/mol. The summed E-state index contributed by atoms with van der Waals surface area (Å²) in [4.78, 5) is 38.6. The van der Waals surface area contributed by atoms with E-state index in [9.17, 15) is 32.9 Å². The lowest BCUT2D eigenvalue weighted by atomic mass is 10.1. The van der Waals surface area contributed by atoms with Crippen molar-refractivity contribution >= 4 is 44.7 Å². The molecule has 194 valence electrons. The van der Waals surface area contributed by atoms with Crippen LogP contribution in [-0.2, 0) is 12.7 Å². The molecule has 0 bridgehead atoms. The van der Waals surface area contributed by atoms with Gasteiger partial charge in [-0.2, -0.15) is 18.3 Å². The number of aromatic nitrogens is 3. The Hall–Kier alpha value is -4.99. The van der Waals surface area contributed by atoms with E-state index in [0.717, 1.165) is 12.3 Å². The van der Waals surface area contributed by atoms with Crippen LogP contribution in [0.3, 0.4) is 0 Å². The minimum atomic E-state index is -4.80. The van der Waals surface area contributed by atoms with Crippen molar-refractivity contribution in [3.05, 3.63) is 81.2 Å². The first-order chi connectivity index (χ1) is 18.0. The number of halogens is 3. The number of pyridine rings is 1. The number of rotatable bonds is 7. The van der Waals surface area contributed by atoms with Crippen molar-refractivity contribution in [1.29, 1.82) is 0 Å². The fraction of sp³-hybridized carbons (Fsp3) is 0.0909. The lowest BCUT2D eigenvalue weighted by molar-refractivity contribution is -0.385. The molecular formula is C22H13F3N6O6S. The van der Waals surface area contributed by atoms with Gasteiger partial charge < -0.3 is 19.9 Å². The number of alkyl halides is 3. The van der Waals surface area contributed by atoms with Gasteiger partial charge in [0, 0.05) is 10.9 Å². The number of thiophene rings is 1. The average Bonchev–Trinajstić information content (AvgIpc) is 3.64. The minimum Gasteiger partial charge on any atom is -0.464 e. The normalized spacial score (nSPS) is 11.7. The van der Waals surface area contributed by atoms with Gasteiger partial charge >= 0.3 is 11.9 Å². The van der Waals surface area contributed by atoms with Gasteiger partial charge in [0.15, 0.2) is 5.76 Å². The van der Waals surface area contributed by atoms with Crippen LogP contribution in [-0.4, -0.2) is 31.5 Å². The number of carbonyl (C=O) groups is 2. The fourth-order valence-corrected chi connectivity index (χ4v) is 4.62. The average molecular weight is 546 g/mol. The van der Waals surface area contributed by atoms with E-state index in [-0.39, 0.29) is 55.9 Å². The van der Waals surface area contributed by atoms with Crippen LogP contribution in [0.1, 0.15) is 31.7 Å². The Morgan fingerprint density at radius 2 is 2.05 bits per heavy atom. The first-order valence-corrected chi connectivity index (χ1v) is 11.3. The minimum absolute atomic E-state index is 0.0238. The number of fused-ring (bicyclic) bond motifs is 1. The number of nitrogens with one attached hydrogen (secondary N) is 1. The molecule has 5 aromatic heterocycles. The molecule has 0 aliphatic rings. The molecule has 38 heavy (non-hydrogen) atoms. The molecule has 0 unspecified atom stereocenters. The van der Waals surface area contributed by atoms with E-state index in [2.05, 4.69) is 15.4 Å². The second-order valence-corrected chi connectivity index (χ2v) is 8.75. The van der Waals surface area contributed by atoms with Crippen molar-refractivity contribution in [2.45, 2.75) is 12.7 Å². The zero-order valence-electron chi connectivity index (χ0n) is 18.7. The van der Waals surface area contributed by atoms with Crippen molar-refractivity contribution < 1.29 is 36.5 Å². The maximum Gasteiger partial charge on any atom is 0.433 e. The van der Waals surface area contributed by atoms with Crippen LogP contribution in [0, 0.1) is 10.1 Å². The molecule has 0 aromatic carbocycles. The molecule has 0 spiro atoms. The number of amides is 2. The highest BCUT2D eigenvalue weighted by Gasteiger charge is 2.35. The molecule has 0 radical (unpaired) electrons. The van der Waals surface area contributed by atoms with Gasteiger partial charge in [-0.05, 0) is 30.3 Å². The third-order valence-corrected chi connectivity index (χ3v) is 6.33. The van der Waals surface area contributed by atoms with E-state index >= 15 is 0 Å². The number of furan rings is 2. The van der Waals surface area contributed by atoms with Crippen LogP contribution in [0.4, 0.5) is 24.5 Å². The maximum atomic E-state index is 13.5. The molecule has 3 N–H and O–H groups in total. The van der Waals surface area contributed by atoms with Gasteiger partial charge in [-0.1, -0.05) is 0 Å². The third-order valence-electron chi connectivity index (χ3n) is 5.24. The SMILES string of the molecule is NC(=O)c1sc2nc(C(F)(F)F)cc(-c3ccco3)c2c1NC(=O)c1ccc(Cn2cc([N+](=O)[O-])cn2)o1. The molecule has 12 nitrogen and oxygen atoms in total. The first kappa shape index (κ1) is 24.7. The molecule has 5 rings (SSSR count). The number of carbonyl (C=O) groups excluding carboxylic acids is 2. The van der Waals surface area contributed by atoms with Crippen LogP contribution >= 0.6 is 11.3 Å². The number of primary amides is 1. The second kappa shape index (κ2) is 9.15. The Kier molecular flexibility index (Phi) is 5.94. The van der Waals surface area contributed by atoms with Gasteiger partial charge in [0.2, 0.25) is 0 Å². The zero-order valence-corrected chi connectivity index (χ0v) is 19.5. The molecule has 5 aromatic rings. The number of nitro groups is 1. The van der Waals surface area contributed by atoms with Crippen molar-refractivity contribution in [1.82, 2.24) is 14.8 Å². The summed E-state index contributed by atoms with van der Waals surface area (Å²) >= 11 is 0.583. The topological polar surface area (TPSA) is 172 Å². The van der Waals surface area contributed by atoms with E-state index < -0.39 is 28.6 Å². The van der Waals surface area contributed by atoms with Gasteiger partial charge in [0.1, 0.15) is 39.3 Å². The summed E-state index contributed by atoms with van der Waals surface area (Å²) in [5.41, 5.74) is 3.79. The Morgan fingerprint density at radius 3 is 2.68 bits per heavy atom. The fourth-order valence-electron chi connectivity index (χ4n) is 3.62. The van der Waals surface area contributed by atoms with Crippen LogP contribution < -0.4 is 11.1 Å². The number of anilines is 1. The largest absolute Gasteiger partial charge is 0.464 e. The number of nitrogens with two attached hydrogens (primary N) is 1. The van der Waals surface area contributed by atoms with E-state index in [4.69, 9.17) is 14.6 Å². The lowest BCUT2D eigenvalue weighted by Gasteiger charge is -2.10. The Balaban J connectivity index is 1.52. The van der Waals surface area contributed by atoms with Crippen LogP contribution in [0.2, 0.25) is 0 Å². The molecule has 0 atom stereocenters. The molecule has 0 saturated carbocycles. The Bertz CT molecular complexity index is 1700. The maximum absolute atomic E-state index is 13.5. The zero-order chi connectivity index (χ0) is 27.2. The van der Waals surface area contributed by atoms with E-state index in [0.29, 0.717) is 11.3 Å². The molecule has 16 heteroatoms. The summed E-state index contributed by atoms with van der Waals surface area (Å²) in [5, 5.41) is 17.2. The summed E-state index contributed by atoms with van der Waals surface area (Å²) in [5.74, 6) is -1.78. The monoisotopic (exact) mass is 546 g/mol. The third kappa shape index (κ3) is 4.59. The molecule has 0 fully saturated rings. The molecule has 2 amide bonds. The highest BCUT2D eigenvalue weighted by atomic mass is 32.1. The summed E-state index contributed by atoms with van der Waals surface area (Å²) in [6.07, 6.45) is -1.31.